The number of hydrogen-bond acceptors (Lipinski definition) is 2. The van der Waals surface area contributed by atoms with Crippen molar-refractivity contribution in [2.75, 3.05) is 7.11 Å². The molecule has 0 fully saturated rings. The summed E-state index contributed by atoms with van der Waals surface area (Å²) in [5, 5.41) is 9.04. The molecule has 0 amide bonds. The molecule has 0 saturated carbocycles. The highest BCUT2D eigenvalue weighted by Crippen LogP contribution is 2.35. The number of carbonyl (C=O) groups is 1. The lowest BCUT2D eigenvalue weighted by molar-refractivity contribution is 0.0693. The molecule has 0 unspecified atom stereocenters. The van der Waals surface area contributed by atoms with Crippen LogP contribution in [0.2, 0.25) is 0 Å². The molecule has 0 aromatic heterocycles. The van der Waals surface area contributed by atoms with Gasteiger partial charge in [0.15, 0.2) is 11.6 Å². The molecule has 5 heteroatoms. The first-order valence-corrected chi connectivity index (χ1v) is 5.41. The SMILES string of the molecule is COc1c(C(=O)O)cccc1-c1cccc(F)c1F. The van der Waals surface area contributed by atoms with Crippen LogP contribution in [0.5, 0.6) is 5.75 Å². The van der Waals surface area contributed by atoms with E-state index in [4.69, 9.17) is 9.84 Å². The Morgan fingerprint density at radius 2 is 1.74 bits per heavy atom. The van der Waals surface area contributed by atoms with Gasteiger partial charge >= 0.3 is 5.97 Å². The minimum atomic E-state index is -1.20. The third-order valence-corrected chi connectivity index (χ3v) is 2.69. The summed E-state index contributed by atoms with van der Waals surface area (Å²) in [6.07, 6.45) is 0. The predicted octanol–water partition coefficient (Wildman–Crippen LogP) is 3.34. The highest BCUT2D eigenvalue weighted by Gasteiger charge is 2.19. The number of rotatable bonds is 3. The van der Waals surface area contributed by atoms with Gasteiger partial charge in [0.2, 0.25) is 0 Å². The van der Waals surface area contributed by atoms with E-state index in [9.17, 15) is 13.6 Å². The van der Waals surface area contributed by atoms with Gasteiger partial charge in [-0.2, -0.15) is 0 Å². The smallest absolute Gasteiger partial charge is 0.339 e. The molecule has 2 aromatic carbocycles. The van der Waals surface area contributed by atoms with Crippen molar-refractivity contribution in [2.45, 2.75) is 0 Å². The molecule has 0 aliphatic carbocycles. The van der Waals surface area contributed by atoms with Crippen molar-refractivity contribution in [1.82, 2.24) is 0 Å². The Kier molecular flexibility index (Phi) is 3.46. The van der Waals surface area contributed by atoms with Crippen molar-refractivity contribution in [3.05, 3.63) is 53.6 Å². The van der Waals surface area contributed by atoms with Crippen LogP contribution in [0.15, 0.2) is 36.4 Å². The minimum Gasteiger partial charge on any atom is -0.495 e. The van der Waals surface area contributed by atoms with E-state index < -0.39 is 17.6 Å². The molecule has 0 aliphatic heterocycles. The largest absolute Gasteiger partial charge is 0.495 e. The third-order valence-electron chi connectivity index (χ3n) is 2.69. The van der Waals surface area contributed by atoms with Crippen molar-refractivity contribution in [3.63, 3.8) is 0 Å². The molecule has 0 heterocycles. The Balaban J connectivity index is 2.72. The highest BCUT2D eigenvalue weighted by atomic mass is 19.2. The molecule has 1 N–H and O–H groups in total. The maximum Gasteiger partial charge on any atom is 0.339 e. The van der Waals surface area contributed by atoms with E-state index in [1.54, 1.807) is 0 Å². The van der Waals surface area contributed by atoms with Crippen molar-refractivity contribution in [3.8, 4) is 16.9 Å². The summed E-state index contributed by atoms with van der Waals surface area (Å²) < 4.78 is 32.0. The third kappa shape index (κ3) is 2.27. The summed E-state index contributed by atoms with van der Waals surface area (Å²) in [6, 6.07) is 7.96. The fraction of sp³-hybridized carbons (Fsp3) is 0.0714. The average molecular weight is 264 g/mol. The van der Waals surface area contributed by atoms with Gasteiger partial charge in [-0.1, -0.05) is 24.3 Å². The fourth-order valence-corrected chi connectivity index (χ4v) is 1.85. The number of ether oxygens (including phenoxy) is 1. The number of methoxy groups -OCH3 is 1. The zero-order valence-electron chi connectivity index (χ0n) is 9.98. The van der Waals surface area contributed by atoms with Gasteiger partial charge in [-0.05, 0) is 12.1 Å². The quantitative estimate of drug-likeness (QED) is 0.924. The second kappa shape index (κ2) is 5.06. The number of halogens is 2. The zero-order valence-corrected chi connectivity index (χ0v) is 9.98. The van der Waals surface area contributed by atoms with Crippen LogP contribution in [0.4, 0.5) is 8.78 Å². The van der Waals surface area contributed by atoms with Gasteiger partial charge in [-0.15, -0.1) is 0 Å². The van der Waals surface area contributed by atoms with Crippen molar-refractivity contribution in [1.29, 1.82) is 0 Å². The maximum absolute atomic E-state index is 13.8. The van der Waals surface area contributed by atoms with Gasteiger partial charge in [0.1, 0.15) is 11.3 Å². The molecule has 0 atom stereocenters. The summed E-state index contributed by atoms with van der Waals surface area (Å²) in [5.74, 6) is -3.24. The molecule has 3 nitrogen and oxygen atoms in total. The van der Waals surface area contributed by atoms with Crippen LogP contribution in [0.3, 0.4) is 0 Å². The topological polar surface area (TPSA) is 46.5 Å². The lowest BCUT2D eigenvalue weighted by atomic mass is 10.0. The van der Waals surface area contributed by atoms with E-state index in [0.29, 0.717) is 0 Å². The Labute approximate surface area is 108 Å². The Bertz CT molecular complexity index is 639. The zero-order chi connectivity index (χ0) is 14.0. The number of carboxylic acids is 1. The fourth-order valence-electron chi connectivity index (χ4n) is 1.85. The second-order valence-corrected chi connectivity index (χ2v) is 3.79. The van der Waals surface area contributed by atoms with Crippen LogP contribution in [0.1, 0.15) is 10.4 Å². The summed E-state index contributed by atoms with van der Waals surface area (Å²) in [7, 11) is 1.28. The van der Waals surface area contributed by atoms with E-state index in [1.807, 2.05) is 0 Å². The van der Waals surface area contributed by atoms with Gasteiger partial charge in [0, 0.05) is 11.1 Å². The van der Waals surface area contributed by atoms with Gasteiger partial charge in [0.05, 0.1) is 7.11 Å². The van der Waals surface area contributed by atoms with Crippen molar-refractivity contribution < 1.29 is 23.4 Å². The van der Waals surface area contributed by atoms with E-state index in [0.717, 1.165) is 6.07 Å². The van der Waals surface area contributed by atoms with Crippen LogP contribution in [0.25, 0.3) is 11.1 Å². The van der Waals surface area contributed by atoms with Gasteiger partial charge in [-0.25, -0.2) is 13.6 Å². The van der Waals surface area contributed by atoms with E-state index in [2.05, 4.69) is 0 Å². The number of carboxylic acid groups (broad SMARTS) is 1. The number of aromatic carboxylic acids is 1. The van der Waals surface area contributed by atoms with Gasteiger partial charge < -0.3 is 9.84 Å². The molecular weight excluding hydrogens is 254 g/mol. The standard InChI is InChI=1S/C14H10F2O3/c1-19-13-9(5-2-6-10(13)14(17)18)8-4-3-7-11(15)12(8)16/h2-7H,1H3,(H,17,18). The lowest BCUT2D eigenvalue weighted by Gasteiger charge is -2.12. The van der Waals surface area contributed by atoms with Crippen LogP contribution >= 0.6 is 0 Å². The van der Waals surface area contributed by atoms with Crippen LogP contribution in [0, 0.1) is 11.6 Å². The normalized spacial score (nSPS) is 10.3. The van der Waals surface area contributed by atoms with Crippen molar-refractivity contribution in [2.24, 2.45) is 0 Å². The summed E-state index contributed by atoms with van der Waals surface area (Å²) in [5.41, 5.74) is 0.0445. The lowest BCUT2D eigenvalue weighted by Crippen LogP contribution is -2.02. The van der Waals surface area contributed by atoms with E-state index >= 15 is 0 Å². The second-order valence-electron chi connectivity index (χ2n) is 3.79. The number of benzene rings is 2. The first-order valence-electron chi connectivity index (χ1n) is 5.41. The Morgan fingerprint density at radius 1 is 1.11 bits per heavy atom. The number of hydrogen-bond donors (Lipinski definition) is 1. The van der Waals surface area contributed by atoms with Crippen molar-refractivity contribution >= 4 is 5.97 Å². The molecule has 2 aromatic rings. The predicted molar refractivity (Wildman–Crippen MR) is 65.3 cm³/mol. The minimum absolute atomic E-state index is 0.000463. The first-order chi connectivity index (χ1) is 9.06. The maximum atomic E-state index is 13.8. The van der Waals surface area contributed by atoms with Crippen LogP contribution in [-0.4, -0.2) is 18.2 Å². The monoisotopic (exact) mass is 264 g/mol. The summed E-state index contributed by atoms with van der Waals surface area (Å²) in [6.45, 7) is 0. The molecule has 0 spiro atoms. The number of para-hydroxylation sites is 1. The molecule has 98 valence electrons. The van der Waals surface area contributed by atoms with Gasteiger partial charge in [0.25, 0.3) is 0 Å². The molecular formula is C14H10F2O3. The molecule has 0 bridgehead atoms. The molecule has 19 heavy (non-hydrogen) atoms. The molecule has 0 radical (unpaired) electrons. The Morgan fingerprint density at radius 3 is 2.37 bits per heavy atom. The molecule has 0 saturated heterocycles. The highest BCUT2D eigenvalue weighted by molar-refractivity contribution is 5.94. The first kappa shape index (κ1) is 13.0. The van der Waals surface area contributed by atoms with E-state index in [1.165, 1.54) is 37.4 Å². The van der Waals surface area contributed by atoms with E-state index in [-0.39, 0.29) is 22.4 Å². The summed E-state index contributed by atoms with van der Waals surface area (Å²) in [4.78, 5) is 11.1. The van der Waals surface area contributed by atoms with Crippen LogP contribution < -0.4 is 4.74 Å². The Hall–Kier alpha value is -2.43. The average Bonchev–Trinajstić information content (AvgIpc) is 2.41. The van der Waals surface area contributed by atoms with Gasteiger partial charge in [-0.3, -0.25) is 0 Å². The molecule has 2 rings (SSSR count). The van der Waals surface area contributed by atoms with Crippen LogP contribution in [-0.2, 0) is 0 Å². The molecule has 0 aliphatic rings. The summed E-state index contributed by atoms with van der Waals surface area (Å²) >= 11 is 0.